The minimum atomic E-state index is -0.509. The molecule has 0 bridgehead atoms. The summed E-state index contributed by atoms with van der Waals surface area (Å²) >= 11 is 7.05. The number of benzene rings is 1. The molecule has 0 aliphatic carbocycles. The molecule has 2 heterocycles. The topological polar surface area (TPSA) is 85.4 Å². The van der Waals surface area contributed by atoms with Crippen molar-refractivity contribution in [3.05, 3.63) is 27.6 Å². The van der Waals surface area contributed by atoms with Gasteiger partial charge in [-0.05, 0) is 42.5 Å². The maximum Gasteiger partial charge on any atom is 0.294 e. The third-order valence-corrected chi connectivity index (χ3v) is 5.56. The molecule has 29 heavy (non-hydrogen) atoms. The first-order valence-corrected chi connectivity index (χ1v) is 10.2. The molecule has 0 aromatic heterocycles. The Labute approximate surface area is 177 Å². The Balaban J connectivity index is 1.77. The number of halogens is 1. The molecule has 0 atom stereocenters. The largest absolute Gasteiger partial charge is 0.493 e. The van der Waals surface area contributed by atoms with Crippen LogP contribution in [0, 0.1) is 0 Å². The molecule has 0 radical (unpaired) electrons. The van der Waals surface area contributed by atoms with Gasteiger partial charge in [0, 0.05) is 13.1 Å². The lowest BCUT2D eigenvalue weighted by atomic mass is 10.1. The Bertz CT molecular complexity index is 853. The number of morpholine rings is 1. The summed E-state index contributed by atoms with van der Waals surface area (Å²) in [5.74, 6) is 0.0542. The van der Waals surface area contributed by atoms with Crippen molar-refractivity contribution in [2.24, 2.45) is 0 Å². The van der Waals surface area contributed by atoms with E-state index in [1.807, 2.05) is 6.92 Å². The number of carbonyl (C=O) groups is 3. The van der Waals surface area contributed by atoms with E-state index in [4.69, 9.17) is 25.8 Å². The Morgan fingerprint density at radius 1 is 1.31 bits per heavy atom. The average molecular weight is 441 g/mol. The molecule has 0 N–H and O–H groups in total. The normalized spacial score (nSPS) is 18.5. The van der Waals surface area contributed by atoms with Crippen LogP contribution < -0.4 is 9.47 Å². The predicted molar refractivity (Wildman–Crippen MR) is 109 cm³/mol. The van der Waals surface area contributed by atoms with Gasteiger partial charge in [0.1, 0.15) is 6.54 Å². The van der Waals surface area contributed by atoms with Gasteiger partial charge >= 0.3 is 0 Å². The van der Waals surface area contributed by atoms with Gasteiger partial charge in [-0.25, -0.2) is 0 Å². The SMILES string of the molecule is CCOc1c(Cl)cc(/C=C2\SC(=O)N(CC(=O)N3CCOCC3)C2=O)cc1OC. The van der Waals surface area contributed by atoms with E-state index in [-0.39, 0.29) is 17.4 Å². The lowest BCUT2D eigenvalue weighted by Crippen LogP contribution is -2.46. The molecule has 2 saturated heterocycles. The van der Waals surface area contributed by atoms with Crippen molar-refractivity contribution >= 4 is 46.5 Å². The zero-order chi connectivity index (χ0) is 21.0. The first kappa shape index (κ1) is 21.5. The average Bonchev–Trinajstić information content (AvgIpc) is 2.97. The quantitative estimate of drug-likeness (QED) is 0.628. The minimum Gasteiger partial charge on any atom is -0.493 e. The maximum atomic E-state index is 12.7. The standard InChI is InChI=1S/C19H21ClN2O6S/c1-3-28-17-13(20)8-12(9-14(17)26-2)10-15-18(24)22(19(25)29-15)11-16(23)21-4-6-27-7-5-21/h8-10H,3-7,11H2,1-2H3/b15-10-. The van der Waals surface area contributed by atoms with Gasteiger partial charge in [0.15, 0.2) is 11.5 Å². The molecule has 10 heteroatoms. The van der Waals surface area contributed by atoms with Crippen LogP contribution in [0.4, 0.5) is 4.79 Å². The molecule has 0 spiro atoms. The van der Waals surface area contributed by atoms with E-state index in [0.29, 0.717) is 55.0 Å². The number of carbonyl (C=O) groups excluding carboxylic acids is 3. The van der Waals surface area contributed by atoms with Crippen LogP contribution in [0.15, 0.2) is 17.0 Å². The number of nitrogens with zero attached hydrogens (tertiary/aromatic N) is 2. The van der Waals surface area contributed by atoms with Crippen molar-refractivity contribution in [1.82, 2.24) is 9.80 Å². The predicted octanol–water partition coefficient (Wildman–Crippen LogP) is 2.64. The maximum absolute atomic E-state index is 12.7. The first-order valence-electron chi connectivity index (χ1n) is 9.05. The summed E-state index contributed by atoms with van der Waals surface area (Å²) in [7, 11) is 1.49. The van der Waals surface area contributed by atoms with Crippen LogP contribution in [0.2, 0.25) is 5.02 Å². The van der Waals surface area contributed by atoms with Crippen LogP contribution in [0.5, 0.6) is 11.5 Å². The fraction of sp³-hybridized carbons (Fsp3) is 0.421. The molecule has 3 rings (SSSR count). The summed E-state index contributed by atoms with van der Waals surface area (Å²) in [6.07, 6.45) is 1.55. The third kappa shape index (κ3) is 4.85. The highest BCUT2D eigenvalue weighted by Crippen LogP contribution is 2.38. The highest BCUT2D eigenvalue weighted by atomic mass is 35.5. The second-order valence-electron chi connectivity index (χ2n) is 6.23. The second kappa shape index (κ2) is 9.51. The molecule has 1 aromatic rings. The Morgan fingerprint density at radius 3 is 2.69 bits per heavy atom. The molecule has 8 nitrogen and oxygen atoms in total. The van der Waals surface area contributed by atoms with Gasteiger partial charge in [0.25, 0.3) is 11.1 Å². The van der Waals surface area contributed by atoms with Crippen LogP contribution in [-0.4, -0.2) is 73.4 Å². The van der Waals surface area contributed by atoms with E-state index in [9.17, 15) is 14.4 Å². The molecular weight excluding hydrogens is 420 g/mol. The van der Waals surface area contributed by atoms with Gasteiger partial charge in [-0.1, -0.05) is 11.6 Å². The van der Waals surface area contributed by atoms with E-state index in [2.05, 4.69) is 0 Å². The van der Waals surface area contributed by atoms with Gasteiger partial charge in [0.2, 0.25) is 5.91 Å². The summed E-state index contributed by atoms with van der Waals surface area (Å²) in [6.45, 7) is 3.78. The van der Waals surface area contributed by atoms with E-state index in [0.717, 1.165) is 16.7 Å². The highest BCUT2D eigenvalue weighted by Gasteiger charge is 2.37. The van der Waals surface area contributed by atoms with E-state index in [1.165, 1.54) is 7.11 Å². The summed E-state index contributed by atoms with van der Waals surface area (Å²) < 4.78 is 16.0. The Kier molecular flexibility index (Phi) is 7.05. The monoisotopic (exact) mass is 440 g/mol. The van der Waals surface area contributed by atoms with Crippen molar-refractivity contribution in [2.75, 3.05) is 46.6 Å². The first-order chi connectivity index (χ1) is 13.9. The highest BCUT2D eigenvalue weighted by molar-refractivity contribution is 8.18. The number of rotatable bonds is 6. The van der Waals surface area contributed by atoms with Gasteiger partial charge in [-0.3, -0.25) is 19.3 Å². The zero-order valence-electron chi connectivity index (χ0n) is 16.1. The minimum absolute atomic E-state index is 0.215. The van der Waals surface area contributed by atoms with E-state index >= 15 is 0 Å². The number of thioether (sulfide) groups is 1. The van der Waals surface area contributed by atoms with Crippen LogP contribution in [-0.2, 0) is 14.3 Å². The van der Waals surface area contributed by atoms with Gasteiger partial charge in [-0.15, -0.1) is 0 Å². The molecule has 156 valence electrons. The summed E-state index contributed by atoms with van der Waals surface area (Å²) in [5, 5.41) is -0.147. The lowest BCUT2D eigenvalue weighted by Gasteiger charge is -2.28. The smallest absolute Gasteiger partial charge is 0.294 e. The fourth-order valence-electron chi connectivity index (χ4n) is 2.94. The van der Waals surface area contributed by atoms with Crippen molar-refractivity contribution in [1.29, 1.82) is 0 Å². The molecule has 0 unspecified atom stereocenters. The summed E-state index contributed by atoms with van der Waals surface area (Å²) in [4.78, 5) is 40.1. The van der Waals surface area contributed by atoms with Crippen LogP contribution >= 0.6 is 23.4 Å². The number of hydrogen-bond donors (Lipinski definition) is 0. The van der Waals surface area contributed by atoms with Gasteiger partial charge in [-0.2, -0.15) is 0 Å². The van der Waals surface area contributed by atoms with Crippen LogP contribution in [0.1, 0.15) is 12.5 Å². The molecule has 3 amide bonds. The molecule has 1 aromatic carbocycles. The summed E-state index contributed by atoms with van der Waals surface area (Å²) in [5.41, 5.74) is 0.584. The van der Waals surface area contributed by atoms with E-state index in [1.54, 1.807) is 23.1 Å². The summed E-state index contributed by atoms with van der Waals surface area (Å²) in [6, 6.07) is 3.30. The molecular formula is C19H21ClN2O6S. The number of methoxy groups -OCH3 is 1. The fourth-order valence-corrected chi connectivity index (χ4v) is 4.06. The lowest BCUT2D eigenvalue weighted by molar-refractivity contribution is -0.139. The number of hydrogen-bond acceptors (Lipinski definition) is 7. The second-order valence-corrected chi connectivity index (χ2v) is 7.63. The third-order valence-electron chi connectivity index (χ3n) is 4.37. The Morgan fingerprint density at radius 2 is 2.03 bits per heavy atom. The van der Waals surface area contributed by atoms with Crippen molar-refractivity contribution in [3.8, 4) is 11.5 Å². The molecule has 2 fully saturated rings. The molecule has 2 aliphatic rings. The number of amides is 3. The van der Waals surface area contributed by atoms with Crippen LogP contribution in [0.25, 0.3) is 6.08 Å². The van der Waals surface area contributed by atoms with Crippen molar-refractivity contribution < 1.29 is 28.6 Å². The molecule has 2 aliphatic heterocycles. The van der Waals surface area contributed by atoms with Gasteiger partial charge < -0.3 is 19.1 Å². The zero-order valence-corrected chi connectivity index (χ0v) is 17.7. The number of imide groups is 1. The van der Waals surface area contributed by atoms with Crippen molar-refractivity contribution in [3.63, 3.8) is 0 Å². The molecule has 0 saturated carbocycles. The van der Waals surface area contributed by atoms with Gasteiger partial charge in [0.05, 0.1) is 36.9 Å². The van der Waals surface area contributed by atoms with Crippen LogP contribution in [0.3, 0.4) is 0 Å². The Hall–Kier alpha value is -2.23. The number of ether oxygens (including phenoxy) is 3. The van der Waals surface area contributed by atoms with Crippen molar-refractivity contribution in [2.45, 2.75) is 6.92 Å². The van der Waals surface area contributed by atoms with E-state index < -0.39 is 11.1 Å².